The Bertz CT molecular complexity index is 234. The number of rotatable bonds is 1. The molecule has 0 aromatic rings. The highest BCUT2D eigenvalue weighted by Crippen LogP contribution is 2.32. The van der Waals surface area contributed by atoms with Gasteiger partial charge in [0, 0.05) is 5.92 Å². The van der Waals surface area contributed by atoms with Gasteiger partial charge in [0.2, 0.25) is 0 Å². The fraction of sp³-hybridized carbons (Fsp3) is 0.667. The van der Waals surface area contributed by atoms with E-state index < -0.39 is 0 Å². The zero-order chi connectivity index (χ0) is 8.72. The van der Waals surface area contributed by atoms with E-state index in [9.17, 15) is 4.79 Å². The van der Waals surface area contributed by atoms with Gasteiger partial charge in [-0.1, -0.05) is 19.1 Å². The molecule has 1 fully saturated rings. The number of Topliss-reactive ketones (excluding diaryl/α,β-unsaturated/α-hetero) is 1. The van der Waals surface area contributed by atoms with Gasteiger partial charge in [-0.25, -0.2) is 0 Å². The molecule has 2 aliphatic rings. The van der Waals surface area contributed by atoms with Gasteiger partial charge >= 0.3 is 0 Å². The lowest BCUT2D eigenvalue weighted by molar-refractivity contribution is -0.146. The van der Waals surface area contributed by atoms with Crippen LogP contribution < -0.4 is 0 Å². The molecule has 1 N–H and O–H groups in total. The molecule has 0 radical (unpaired) electrons. The fourth-order valence-corrected chi connectivity index (χ4v) is 1.86. The number of hydrogen-bond acceptors (Lipinski definition) is 3. The number of ketones is 1. The topological polar surface area (TPSA) is 46.5 Å². The van der Waals surface area contributed by atoms with E-state index >= 15 is 0 Å². The Hall–Kier alpha value is -0.670. The highest BCUT2D eigenvalue weighted by atomic mass is 16.5. The van der Waals surface area contributed by atoms with Crippen LogP contribution in [0.4, 0.5) is 0 Å². The zero-order valence-electron chi connectivity index (χ0n) is 6.93. The summed E-state index contributed by atoms with van der Waals surface area (Å²) in [4.78, 5) is 11.5. The first-order valence-corrected chi connectivity index (χ1v) is 4.22. The summed E-state index contributed by atoms with van der Waals surface area (Å²) in [6.45, 7) is 1.74. The number of fused-ring (bicyclic) bond motifs is 2. The van der Waals surface area contributed by atoms with Crippen molar-refractivity contribution < 1.29 is 14.6 Å². The van der Waals surface area contributed by atoms with E-state index in [1.54, 1.807) is 0 Å². The molecule has 4 atom stereocenters. The molecular formula is C9H12O3. The quantitative estimate of drug-likeness (QED) is 0.566. The molecule has 1 saturated heterocycles. The first-order chi connectivity index (χ1) is 5.74. The maximum atomic E-state index is 11.5. The summed E-state index contributed by atoms with van der Waals surface area (Å²) >= 11 is 0. The van der Waals surface area contributed by atoms with Crippen LogP contribution in [0.25, 0.3) is 0 Å². The van der Waals surface area contributed by atoms with Gasteiger partial charge in [0.05, 0.1) is 24.7 Å². The lowest BCUT2D eigenvalue weighted by Crippen LogP contribution is -2.44. The maximum absolute atomic E-state index is 11.5. The molecule has 2 bridgehead atoms. The van der Waals surface area contributed by atoms with Crippen LogP contribution in [-0.2, 0) is 9.53 Å². The second-order valence-electron chi connectivity index (χ2n) is 3.43. The summed E-state index contributed by atoms with van der Waals surface area (Å²) in [7, 11) is 0. The number of ether oxygens (including phenoxy) is 1. The minimum absolute atomic E-state index is 0.0506. The molecule has 2 rings (SSSR count). The van der Waals surface area contributed by atoms with Crippen molar-refractivity contribution in [3.63, 3.8) is 0 Å². The van der Waals surface area contributed by atoms with Crippen molar-refractivity contribution in [3.05, 3.63) is 12.2 Å². The summed E-state index contributed by atoms with van der Waals surface area (Å²) in [5.74, 6) is -0.309. The van der Waals surface area contributed by atoms with Gasteiger partial charge in [0.15, 0.2) is 0 Å². The van der Waals surface area contributed by atoms with Gasteiger partial charge < -0.3 is 9.84 Å². The van der Waals surface area contributed by atoms with E-state index in [-0.39, 0.29) is 36.4 Å². The fourth-order valence-electron chi connectivity index (χ4n) is 1.86. The third kappa shape index (κ3) is 0.934. The predicted octanol–water partition coefficient (Wildman–Crippen LogP) is 0.137. The van der Waals surface area contributed by atoms with E-state index in [1.165, 1.54) is 0 Å². The van der Waals surface area contributed by atoms with E-state index in [1.807, 2.05) is 19.1 Å². The van der Waals surface area contributed by atoms with Crippen LogP contribution in [0.5, 0.6) is 0 Å². The molecule has 3 nitrogen and oxygen atoms in total. The van der Waals surface area contributed by atoms with Crippen LogP contribution in [0.2, 0.25) is 0 Å². The van der Waals surface area contributed by atoms with Crippen LogP contribution in [0.3, 0.4) is 0 Å². The van der Waals surface area contributed by atoms with Crippen LogP contribution >= 0.6 is 0 Å². The van der Waals surface area contributed by atoms with Crippen molar-refractivity contribution in [3.8, 4) is 0 Å². The number of aliphatic hydroxyl groups excluding tert-OH is 1. The van der Waals surface area contributed by atoms with Gasteiger partial charge in [0.1, 0.15) is 5.78 Å². The molecule has 0 amide bonds. The third-order valence-corrected chi connectivity index (χ3v) is 2.71. The Kier molecular flexibility index (Phi) is 1.77. The van der Waals surface area contributed by atoms with Gasteiger partial charge in [-0.05, 0) is 0 Å². The van der Waals surface area contributed by atoms with Crippen LogP contribution in [-0.4, -0.2) is 29.7 Å². The normalized spacial score (nSPS) is 45.3. The SMILES string of the molecule is C[C@H]1C(=O)[C@@H](CO)[C@H]2C=C[C@@H]1O2. The standard InChI is InChI=1S/C9H12O3/c1-5-7-2-3-8(12-7)6(4-10)9(5)11/h2-3,5-8,10H,4H2,1H3/t5-,6+,7+,8-/m1/s1. The van der Waals surface area contributed by atoms with Crippen molar-refractivity contribution in [2.75, 3.05) is 6.61 Å². The van der Waals surface area contributed by atoms with Gasteiger partial charge in [-0.3, -0.25) is 4.79 Å². The van der Waals surface area contributed by atoms with Crippen LogP contribution in [0.1, 0.15) is 6.92 Å². The smallest absolute Gasteiger partial charge is 0.146 e. The predicted molar refractivity (Wildman–Crippen MR) is 42.5 cm³/mol. The Morgan fingerprint density at radius 1 is 1.50 bits per heavy atom. The molecule has 0 saturated carbocycles. The number of carbonyl (C=O) groups is 1. The zero-order valence-corrected chi connectivity index (χ0v) is 6.93. The van der Waals surface area contributed by atoms with Crippen molar-refractivity contribution in [2.24, 2.45) is 11.8 Å². The van der Waals surface area contributed by atoms with Gasteiger partial charge in [0.25, 0.3) is 0 Å². The number of carbonyl (C=O) groups excluding carboxylic acids is 1. The second-order valence-corrected chi connectivity index (χ2v) is 3.43. The third-order valence-electron chi connectivity index (χ3n) is 2.71. The van der Waals surface area contributed by atoms with Crippen LogP contribution in [0, 0.1) is 11.8 Å². The first kappa shape index (κ1) is 7.95. The molecule has 2 heterocycles. The highest BCUT2D eigenvalue weighted by molar-refractivity contribution is 5.86. The highest BCUT2D eigenvalue weighted by Gasteiger charge is 2.43. The lowest BCUT2D eigenvalue weighted by Gasteiger charge is -2.31. The number of hydrogen-bond donors (Lipinski definition) is 1. The Morgan fingerprint density at radius 3 is 2.83 bits per heavy atom. The van der Waals surface area contributed by atoms with E-state index in [0.29, 0.717) is 0 Å². The van der Waals surface area contributed by atoms with Gasteiger partial charge in [-0.15, -0.1) is 0 Å². The summed E-state index contributed by atoms with van der Waals surface area (Å²) < 4.78 is 5.49. The van der Waals surface area contributed by atoms with Crippen molar-refractivity contribution >= 4 is 5.78 Å². The lowest BCUT2D eigenvalue weighted by atomic mass is 9.87. The minimum Gasteiger partial charge on any atom is -0.396 e. The summed E-state index contributed by atoms with van der Waals surface area (Å²) in [5.41, 5.74) is 0. The maximum Gasteiger partial charge on any atom is 0.146 e. The monoisotopic (exact) mass is 168 g/mol. The van der Waals surface area contributed by atoms with E-state index in [0.717, 1.165) is 0 Å². The molecular weight excluding hydrogens is 156 g/mol. The molecule has 0 aromatic heterocycles. The average molecular weight is 168 g/mol. The summed E-state index contributed by atoms with van der Waals surface area (Å²) in [6, 6.07) is 0. The molecule has 12 heavy (non-hydrogen) atoms. The average Bonchev–Trinajstić information content (AvgIpc) is 2.49. The molecule has 2 aliphatic heterocycles. The van der Waals surface area contributed by atoms with E-state index in [4.69, 9.17) is 9.84 Å². The van der Waals surface area contributed by atoms with Crippen molar-refractivity contribution in [1.82, 2.24) is 0 Å². The molecule has 3 heteroatoms. The molecule has 0 aliphatic carbocycles. The van der Waals surface area contributed by atoms with Gasteiger partial charge in [-0.2, -0.15) is 0 Å². The summed E-state index contributed by atoms with van der Waals surface area (Å²) in [6.07, 6.45) is 3.57. The molecule has 66 valence electrons. The Morgan fingerprint density at radius 2 is 2.17 bits per heavy atom. The molecule has 0 aromatic carbocycles. The molecule has 0 spiro atoms. The van der Waals surface area contributed by atoms with Crippen molar-refractivity contribution in [2.45, 2.75) is 19.1 Å². The summed E-state index contributed by atoms with van der Waals surface area (Å²) in [5, 5.41) is 8.96. The first-order valence-electron chi connectivity index (χ1n) is 4.22. The Balaban J connectivity index is 2.25. The van der Waals surface area contributed by atoms with E-state index in [2.05, 4.69) is 0 Å². The van der Waals surface area contributed by atoms with Crippen molar-refractivity contribution in [1.29, 1.82) is 0 Å². The second kappa shape index (κ2) is 2.68. The Labute approximate surface area is 71.0 Å². The molecule has 0 unspecified atom stereocenters. The minimum atomic E-state index is -0.338. The number of aliphatic hydroxyl groups is 1. The largest absolute Gasteiger partial charge is 0.396 e. The van der Waals surface area contributed by atoms with Crippen LogP contribution in [0.15, 0.2) is 12.2 Å².